The summed E-state index contributed by atoms with van der Waals surface area (Å²) in [5.41, 5.74) is -1.18. The fourth-order valence-electron chi connectivity index (χ4n) is 21.4. The van der Waals surface area contributed by atoms with E-state index in [0.717, 1.165) is 133 Å². The Hall–Kier alpha value is -10.9. The van der Waals surface area contributed by atoms with Crippen molar-refractivity contribution in [2.75, 3.05) is 72.1 Å². The number of halogens is 1. The van der Waals surface area contributed by atoms with Gasteiger partial charge in [0, 0.05) is 75.8 Å². The molecule has 12 atom stereocenters. The van der Waals surface area contributed by atoms with E-state index >= 15 is 0 Å². The van der Waals surface area contributed by atoms with Gasteiger partial charge in [0.25, 0.3) is 0 Å². The number of carbonyl (C=O) groups excluding carboxylic acids is 18. The van der Waals surface area contributed by atoms with Crippen molar-refractivity contribution < 1.29 is 117 Å². The van der Waals surface area contributed by atoms with Crippen LogP contribution in [0.4, 0.5) is 38.0 Å². The minimum absolute atomic E-state index is 0.00750. The number of imide groups is 5. The average molecular weight is 1910 g/mol. The molecule has 6 aliphatic carbocycles. The zero-order valence-corrected chi connectivity index (χ0v) is 83.6. The summed E-state index contributed by atoms with van der Waals surface area (Å²) in [6.45, 7) is 56.3. The van der Waals surface area contributed by atoms with E-state index < -0.39 is 30.3 Å². The molecule has 0 saturated heterocycles. The van der Waals surface area contributed by atoms with E-state index in [4.69, 9.17) is 9.47 Å². The summed E-state index contributed by atoms with van der Waals surface area (Å²) in [4.78, 5) is 225. The van der Waals surface area contributed by atoms with Crippen LogP contribution >= 0.6 is 0 Å². The molecule has 0 aromatic carbocycles. The summed E-state index contributed by atoms with van der Waals surface area (Å²) >= 11 is 1.42. The molecule has 0 aromatic heterocycles. The number of alkyl carbamates (subject to hydrolysis) is 2. The van der Waals surface area contributed by atoms with Crippen LogP contribution in [0.3, 0.4) is 0 Å². The van der Waals surface area contributed by atoms with Crippen LogP contribution in [0.15, 0.2) is 67.3 Å². The quantitative estimate of drug-likeness (QED) is 0.0131. The molecule has 0 heterocycles. The number of carbonyl (C=O) groups is 13. The van der Waals surface area contributed by atoms with Gasteiger partial charge >= 0.3 is 68.1 Å². The summed E-state index contributed by atoms with van der Waals surface area (Å²) in [7, 11) is 0. The van der Waals surface area contributed by atoms with E-state index in [0.29, 0.717) is 110 Å². The van der Waals surface area contributed by atoms with Crippen LogP contribution < -0.4 is 42.5 Å². The third-order valence-electron chi connectivity index (χ3n) is 24.0. The second kappa shape index (κ2) is 57.7. The third kappa shape index (κ3) is 48.1. The molecule has 12 unspecified atom stereocenters. The minimum atomic E-state index is -0.644. The van der Waals surface area contributed by atoms with Crippen molar-refractivity contribution in [3.05, 3.63) is 38.3 Å². The van der Waals surface area contributed by atoms with Crippen LogP contribution in [-0.2, 0) is 79.4 Å². The van der Waals surface area contributed by atoms with Crippen molar-refractivity contribution in [2.45, 2.75) is 297 Å². The number of hydrogen-bond donors (Lipinski definition) is 8. The molecule has 18 amide bonds. The van der Waals surface area contributed by atoms with Gasteiger partial charge in [-0.3, -0.25) is 43.5 Å². The van der Waals surface area contributed by atoms with E-state index in [9.17, 15) is 90.8 Å². The van der Waals surface area contributed by atoms with Crippen molar-refractivity contribution in [2.24, 2.45) is 94.0 Å². The van der Waals surface area contributed by atoms with Crippen LogP contribution in [0.5, 0.6) is 0 Å². The number of rotatable bonds is 33. The standard InChI is InChI=1S/C32H54N6O8.C15H23N3O3.2C15H25N3O3.C12H18N2O2.C3H5NO.FN.V/c1-9-37(21-39)25(41)35-23-13-29(3,4)17-31(7,15-23)19-33-27(43)45-11-12-46-28(44)34-20-32(8)16-24(14-30(5,6)18-32)36-26(42)38(10-2)22-40;1-5-18(11-20)13(21)16-9-15(4)7-12(17-10-19)6-14(2,3)8-15;2*1-5-18(11-20)13(21)17-12-6-14(2,3)8-15(4,7-12)9-16-10-19;1-11(2)4-10(14-9-16)5-12(3,6-11)7-13-8-15;1-2-4-3-5;1-2;/h9,21-24H,1,10-20H2,2-8H3,(H,33,43)(H,34,44)(H,35,41)(H,36,42);5,11-12H,1,6-9H2,2-4H3,(H,16,21);2*11-12H,5-9H2,1-4H3,(H,17,21);10H,4-7H2,1-3H3;2-3H,1H2,(H,4,5);;. The fraction of sp³-hybridized carbons (Fsp3) is 0.739. The molecule has 6 saturated carbocycles. The molecule has 6 rings (SSSR count). The predicted octanol–water partition coefficient (Wildman–Crippen LogP) is 13.2. The Morgan fingerprint density at radius 2 is 0.632 bits per heavy atom. The van der Waals surface area contributed by atoms with E-state index in [1.54, 1.807) is 51.2 Å². The summed E-state index contributed by atoms with van der Waals surface area (Å²) in [6, 6.07) is -2.68. The maximum absolute atomic E-state index is 12.4. The number of nitrogens with zero attached hydrogens (tertiary/aromatic N) is 11. The van der Waals surface area contributed by atoms with Gasteiger partial charge in [0.15, 0.2) is 0 Å². The van der Waals surface area contributed by atoms with E-state index in [-0.39, 0.29) is 133 Å². The molecule has 0 radical (unpaired) electrons. The molecular formula is C92H150FN19O20V. The summed E-state index contributed by atoms with van der Waals surface area (Å²) in [5, 5.41) is 22.2. The first-order valence-corrected chi connectivity index (χ1v) is 45.2. The van der Waals surface area contributed by atoms with Gasteiger partial charge in [0.05, 0.1) is 31.7 Å². The van der Waals surface area contributed by atoms with Gasteiger partial charge in [-0.05, 0) is 208 Å². The first kappa shape index (κ1) is 122. The van der Waals surface area contributed by atoms with E-state index in [1.165, 1.54) is 23.4 Å². The Kier molecular flexibility index (Phi) is 53.0. The molecule has 0 bridgehead atoms. The SMILES string of the molecule is C=CN(C=O)C(=O)NC1CC(C)(C)CC(C)(CNC(=O)OCCOC(=O)NCC2(C)CC(NC(=O)N(C=O)CC)CC(C)(C)C2)C1.C=CN(C=O)C(=O)NCC1(C)CC(N=C=O)CC(C)(C)C1.C=CNC=O.CC1(C)CC(N=C=O)CC(C)(CN=C=O)C1.CCN(C=O)C(=O)NC1CC(C)(C)CC(C)(CN=C=O)C1.CCN(C=O)C(=O)NC1CC(C)(C)CC(C)(CN=C=O)C1.F[N]=[V]. The van der Waals surface area contributed by atoms with Crippen LogP contribution in [0, 0.1) is 65.0 Å². The van der Waals surface area contributed by atoms with Crippen molar-refractivity contribution in [1.29, 1.82) is 0 Å². The Morgan fingerprint density at radius 3 is 0.887 bits per heavy atom. The number of isocyanates is 5. The van der Waals surface area contributed by atoms with Gasteiger partial charge in [-0.1, -0.05) is 144 Å². The van der Waals surface area contributed by atoms with Crippen LogP contribution in [-0.4, -0.2) is 244 Å². The van der Waals surface area contributed by atoms with Crippen LogP contribution in [0.25, 0.3) is 0 Å². The Bertz CT molecular complexity index is 4040. The third-order valence-corrected chi connectivity index (χ3v) is 24.0. The number of ether oxygens (including phenoxy) is 2. The molecule has 39 nitrogen and oxygen atoms in total. The first-order valence-electron chi connectivity index (χ1n) is 44.6. The van der Waals surface area contributed by atoms with Gasteiger partial charge in [0.1, 0.15) is 13.2 Å². The van der Waals surface area contributed by atoms with Gasteiger partial charge in [-0.25, -0.2) is 92.3 Å². The number of hydrogen-bond acceptors (Lipinski definition) is 26. The molecule has 133 heavy (non-hydrogen) atoms. The normalized spacial score (nSPS) is 26.2. The number of nitrogens with one attached hydrogen (secondary N) is 8. The van der Waals surface area contributed by atoms with E-state index in [2.05, 4.69) is 198 Å². The summed E-state index contributed by atoms with van der Waals surface area (Å²) in [6.07, 6.45) is 27.8. The monoisotopic (exact) mass is 1910 g/mol. The number of amides is 18. The molecule has 8 N–H and O–H groups in total. The molecule has 0 spiro atoms. The summed E-state index contributed by atoms with van der Waals surface area (Å²) < 4.78 is 22.3. The molecule has 6 aliphatic rings. The van der Waals surface area contributed by atoms with Crippen molar-refractivity contribution in [3.8, 4) is 0 Å². The fourth-order valence-corrected chi connectivity index (χ4v) is 21.4. The molecule has 0 aromatic rings. The van der Waals surface area contributed by atoms with Crippen molar-refractivity contribution >= 4 is 111 Å². The zero-order valence-electron chi connectivity index (χ0n) is 82.2. The van der Waals surface area contributed by atoms with Gasteiger partial charge in [0.2, 0.25) is 68.9 Å². The molecule has 41 heteroatoms. The van der Waals surface area contributed by atoms with Gasteiger partial charge < -0.3 is 52.0 Å². The maximum atomic E-state index is 12.4. The second-order valence-corrected chi connectivity index (χ2v) is 42.4. The van der Waals surface area contributed by atoms with Crippen LogP contribution in [0.1, 0.15) is 261 Å². The predicted molar refractivity (Wildman–Crippen MR) is 493 cm³/mol. The second-order valence-electron chi connectivity index (χ2n) is 42.2. The van der Waals surface area contributed by atoms with Gasteiger partial charge in [-0.2, -0.15) is 0 Å². The first-order chi connectivity index (χ1) is 61.9. The topological polar surface area (TPSA) is 512 Å². The van der Waals surface area contributed by atoms with Gasteiger partial charge in [-0.15, -0.1) is 0 Å². The molecule has 0 aliphatic heterocycles. The number of urea groups is 5. The number of aliphatic imine (C=N–C) groups is 5. The molecular weight excluding hydrogens is 1760 g/mol. The van der Waals surface area contributed by atoms with Crippen molar-refractivity contribution in [1.82, 2.24) is 67.0 Å². The van der Waals surface area contributed by atoms with E-state index in [1.807, 2.05) is 17.9 Å². The van der Waals surface area contributed by atoms with Crippen molar-refractivity contribution in [3.63, 3.8) is 0 Å². The van der Waals surface area contributed by atoms with Crippen LogP contribution in [0.2, 0.25) is 0 Å². The average Bonchev–Trinajstić information content (AvgIpc) is 0.764. The molecule has 745 valence electrons. The summed E-state index contributed by atoms with van der Waals surface area (Å²) in [5.74, 6) is 0. The Morgan fingerprint density at radius 1 is 0.376 bits per heavy atom. The zero-order chi connectivity index (χ0) is 102. The molecule has 6 fully saturated rings. The Balaban J connectivity index is 0.00000170. The Labute approximate surface area is 793 Å².